The minimum atomic E-state index is 0.115. The van der Waals surface area contributed by atoms with E-state index in [0.29, 0.717) is 12.5 Å². The van der Waals surface area contributed by atoms with E-state index in [4.69, 9.17) is 0 Å². The Hall–Kier alpha value is -1.40. The molecule has 2 N–H and O–H groups in total. The smallest absolute Gasteiger partial charge is 0.226 e. The Labute approximate surface area is 117 Å². The molecule has 0 fully saturated rings. The van der Waals surface area contributed by atoms with Crippen LogP contribution in [0.15, 0.2) is 11.4 Å². The van der Waals surface area contributed by atoms with Crippen LogP contribution in [-0.2, 0) is 0 Å². The van der Waals surface area contributed by atoms with Crippen molar-refractivity contribution in [3.05, 3.63) is 11.4 Å². The maximum absolute atomic E-state index is 9.24. The van der Waals surface area contributed by atoms with Gasteiger partial charge in [0.05, 0.1) is 12.0 Å². The van der Waals surface area contributed by atoms with Gasteiger partial charge in [0.1, 0.15) is 10.6 Å². The number of anilines is 2. The molecule has 2 aromatic heterocycles. The van der Waals surface area contributed by atoms with Crippen LogP contribution >= 0.6 is 11.3 Å². The minimum Gasteiger partial charge on any atom is -0.395 e. The molecular formula is C13H20N4OS. The van der Waals surface area contributed by atoms with Crippen LogP contribution in [0, 0.1) is 0 Å². The van der Waals surface area contributed by atoms with E-state index in [1.807, 2.05) is 18.4 Å². The minimum absolute atomic E-state index is 0.115. The zero-order valence-electron chi connectivity index (χ0n) is 11.6. The summed E-state index contributed by atoms with van der Waals surface area (Å²) in [5, 5.41) is 15.5. The summed E-state index contributed by atoms with van der Waals surface area (Å²) >= 11 is 1.61. The third-order valence-corrected chi connectivity index (χ3v) is 3.68. The normalized spacial score (nSPS) is 11.2. The molecule has 0 aliphatic carbocycles. The lowest BCUT2D eigenvalue weighted by atomic mass is 10.2. The summed E-state index contributed by atoms with van der Waals surface area (Å²) in [7, 11) is 0. The first kappa shape index (κ1) is 14.0. The number of aliphatic hydroxyl groups excluding tert-OH is 1. The van der Waals surface area contributed by atoms with Crippen LogP contribution in [0.1, 0.15) is 20.8 Å². The highest BCUT2D eigenvalue weighted by atomic mass is 32.1. The Balaban J connectivity index is 2.51. The summed E-state index contributed by atoms with van der Waals surface area (Å²) in [6, 6.07) is 2.32. The Morgan fingerprint density at radius 2 is 2.21 bits per heavy atom. The fourth-order valence-corrected chi connectivity index (χ4v) is 2.77. The average Bonchev–Trinajstić information content (AvgIpc) is 2.83. The van der Waals surface area contributed by atoms with E-state index in [1.165, 1.54) is 0 Å². The molecule has 0 aliphatic rings. The molecule has 0 aliphatic heterocycles. The molecule has 2 rings (SSSR count). The molecule has 0 saturated heterocycles. The molecule has 0 bridgehead atoms. The first-order valence-electron chi connectivity index (χ1n) is 6.54. The molecule has 6 heteroatoms. The molecular weight excluding hydrogens is 260 g/mol. The van der Waals surface area contributed by atoms with Crippen LogP contribution in [0.5, 0.6) is 0 Å². The Morgan fingerprint density at radius 3 is 2.84 bits per heavy atom. The van der Waals surface area contributed by atoms with Crippen molar-refractivity contribution in [2.75, 3.05) is 29.9 Å². The van der Waals surface area contributed by atoms with E-state index in [-0.39, 0.29) is 12.6 Å². The van der Waals surface area contributed by atoms with Gasteiger partial charge in [-0.05, 0) is 32.2 Å². The highest BCUT2D eigenvalue weighted by molar-refractivity contribution is 7.16. The van der Waals surface area contributed by atoms with E-state index in [0.717, 1.165) is 22.6 Å². The SMILES string of the molecule is CCNc1nc(N(CCO)C(C)C)c2ccsc2n1. The van der Waals surface area contributed by atoms with Crippen LogP contribution in [-0.4, -0.2) is 40.8 Å². The number of hydrogen-bond donors (Lipinski definition) is 2. The van der Waals surface area contributed by atoms with Crippen molar-refractivity contribution in [3.63, 3.8) is 0 Å². The zero-order chi connectivity index (χ0) is 13.8. The van der Waals surface area contributed by atoms with Crippen molar-refractivity contribution >= 4 is 33.3 Å². The maximum atomic E-state index is 9.24. The van der Waals surface area contributed by atoms with Gasteiger partial charge in [0, 0.05) is 19.1 Å². The van der Waals surface area contributed by atoms with E-state index >= 15 is 0 Å². The lowest BCUT2D eigenvalue weighted by molar-refractivity contribution is 0.299. The van der Waals surface area contributed by atoms with Gasteiger partial charge in [-0.3, -0.25) is 0 Å². The molecule has 0 amide bonds. The third-order valence-electron chi connectivity index (χ3n) is 2.88. The van der Waals surface area contributed by atoms with Crippen molar-refractivity contribution < 1.29 is 5.11 Å². The standard InChI is InChI=1S/C13H20N4OS/c1-4-14-13-15-11(17(6-7-18)9(2)3)10-5-8-19-12(10)16-13/h5,8-9,18H,4,6-7H2,1-3H3,(H,14,15,16). The molecule has 104 valence electrons. The zero-order valence-corrected chi connectivity index (χ0v) is 12.4. The predicted molar refractivity (Wildman–Crippen MR) is 81.1 cm³/mol. The van der Waals surface area contributed by atoms with E-state index in [1.54, 1.807) is 11.3 Å². The van der Waals surface area contributed by atoms with Gasteiger partial charge >= 0.3 is 0 Å². The summed E-state index contributed by atoms with van der Waals surface area (Å²) in [6.45, 7) is 7.70. The van der Waals surface area contributed by atoms with Crippen LogP contribution in [0.3, 0.4) is 0 Å². The van der Waals surface area contributed by atoms with Crippen molar-refractivity contribution in [2.24, 2.45) is 0 Å². The van der Waals surface area contributed by atoms with Crippen molar-refractivity contribution in [3.8, 4) is 0 Å². The fraction of sp³-hybridized carbons (Fsp3) is 0.538. The van der Waals surface area contributed by atoms with Gasteiger partial charge in [0.15, 0.2) is 0 Å². The average molecular weight is 280 g/mol. The summed E-state index contributed by atoms with van der Waals surface area (Å²) in [5.74, 6) is 1.54. The van der Waals surface area contributed by atoms with Crippen LogP contribution in [0.2, 0.25) is 0 Å². The quantitative estimate of drug-likeness (QED) is 0.850. The molecule has 5 nitrogen and oxygen atoms in total. The Bertz CT molecular complexity index is 540. The van der Waals surface area contributed by atoms with Gasteiger partial charge in [-0.2, -0.15) is 4.98 Å². The first-order chi connectivity index (χ1) is 9.17. The third kappa shape index (κ3) is 2.96. The first-order valence-corrected chi connectivity index (χ1v) is 7.42. The maximum Gasteiger partial charge on any atom is 0.226 e. The lowest BCUT2D eigenvalue weighted by Crippen LogP contribution is -2.34. The molecule has 0 unspecified atom stereocenters. The fourth-order valence-electron chi connectivity index (χ4n) is 2.01. The molecule has 0 spiro atoms. The molecule has 2 heterocycles. The second-order valence-corrected chi connectivity index (χ2v) is 5.45. The van der Waals surface area contributed by atoms with Crippen LogP contribution in [0.25, 0.3) is 10.2 Å². The summed E-state index contributed by atoms with van der Waals surface area (Å²) < 4.78 is 0. The van der Waals surface area contributed by atoms with E-state index in [2.05, 4.69) is 34.0 Å². The second kappa shape index (κ2) is 6.16. The summed E-state index contributed by atoms with van der Waals surface area (Å²) in [5.41, 5.74) is 0. The van der Waals surface area contributed by atoms with Crippen LogP contribution < -0.4 is 10.2 Å². The lowest BCUT2D eigenvalue weighted by Gasteiger charge is -2.27. The number of thiophene rings is 1. The van der Waals surface area contributed by atoms with Gasteiger partial charge < -0.3 is 15.3 Å². The van der Waals surface area contributed by atoms with Gasteiger partial charge in [-0.15, -0.1) is 11.3 Å². The van der Waals surface area contributed by atoms with Crippen molar-refractivity contribution in [1.29, 1.82) is 0 Å². The van der Waals surface area contributed by atoms with E-state index < -0.39 is 0 Å². The molecule has 0 radical (unpaired) electrons. The Kier molecular flexibility index (Phi) is 4.55. The van der Waals surface area contributed by atoms with Crippen molar-refractivity contribution in [1.82, 2.24) is 9.97 Å². The molecule has 0 atom stereocenters. The summed E-state index contributed by atoms with van der Waals surface area (Å²) in [4.78, 5) is 12.2. The van der Waals surface area contributed by atoms with Crippen molar-refractivity contribution in [2.45, 2.75) is 26.8 Å². The number of fused-ring (bicyclic) bond motifs is 1. The molecule has 0 saturated carbocycles. The number of aliphatic hydroxyl groups is 1. The second-order valence-electron chi connectivity index (χ2n) is 4.55. The highest BCUT2D eigenvalue weighted by Crippen LogP contribution is 2.30. The van der Waals surface area contributed by atoms with Crippen LogP contribution in [0.4, 0.5) is 11.8 Å². The molecule has 2 aromatic rings. The van der Waals surface area contributed by atoms with E-state index in [9.17, 15) is 5.11 Å². The topological polar surface area (TPSA) is 61.3 Å². The van der Waals surface area contributed by atoms with Gasteiger partial charge in [0.25, 0.3) is 0 Å². The number of hydrogen-bond acceptors (Lipinski definition) is 6. The molecule has 0 aromatic carbocycles. The number of nitrogens with one attached hydrogen (secondary N) is 1. The number of aromatic nitrogens is 2. The van der Waals surface area contributed by atoms with Gasteiger partial charge in [-0.25, -0.2) is 4.98 Å². The number of nitrogens with zero attached hydrogens (tertiary/aromatic N) is 3. The highest BCUT2D eigenvalue weighted by Gasteiger charge is 2.17. The number of rotatable bonds is 6. The summed E-state index contributed by atoms with van der Waals surface area (Å²) in [6.07, 6.45) is 0. The van der Waals surface area contributed by atoms with Gasteiger partial charge in [0.2, 0.25) is 5.95 Å². The predicted octanol–water partition coefficient (Wildman–Crippen LogP) is 2.33. The Morgan fingerprint density at radius 1 is 1.42 bits per heavy atom. The molecule has 19 heavy (non-hydrogen) atoms. The van der Waals surface area contributed by atoms with Gasteiger partial charge in [-0.1, -0.05) is 0 Å². The largest absolute Gasteiger partial charge is 0.395 e. The monoisotopic (exact) mass is 280 g/mol.